The number of hydrogen-bond acceptors (Lipinski definition) is 3. The fourth-order valence-electron chi connectivity index (χ4n) is 2.81. The number of esters is 1. The van der Waals surface area contributed by atoms with Crippen molar-refractivity contribution in [1.82, 2.24) is 5.32 Å². The number of carbonyl (C=O) groups excluding carboxylic acids is 2. The lowest BCUT2D eigenvalue weighted by molar-refractivity contribution is -0.154. The Hall–Kier alpha value is -2.05. The Labute approximate surface area is 138 Å². The second-order valence-electron chi connectivity index (χ2n) is 5.95. The van der Waals surface area contributed by atoms with E-state index in [1.807, 2.05) is 0 Å². The Morgan fingerprint density at radius 2 is 1.71 bits per heavy atom. The molecule has 1 unspecified atom stereocenters. The molecule has 24 heavy (non-hydrogen) atoms. The number of halogens is 3. The first-order valence-electron chi connectivity index (χ1n) is 7.92. The Balaban J connectivity index is 2.14. The van der Waals surface area contributed by atoms with E-state index in [9.17, 15) is 22.8 Å². The lowest BCUT2D eigenvalue weighted by Crippen LogP contribution is -2.40. The molecule has 1 aliphatic rings. The van der Waals surface area contributed by atoms with E-state index in [2.05, 4.69) is 5.32 Å². The summed E-state index contributed by atoms with van der Waals surface area (Å²) in [5.41, 5.74) is -0.605. The molecule has 7 heteroatoms. The highest BCUT2D eigenvalue weighted by Gasteiger charge is 2.32. The summed E-state index contributed by atoms with van der Waals surface area (Å²) in [7, 11) is 0. The predicted octanol–water partition coefficient (Wildman–Crippen LogP) is 3.76. The highest BCUT2D eigenvalue weighted by Crippen LogP contribution is 2.30. The molecule has 0 radical (unpaired) electrons. The van der Waals surface area contributed by atoms with Gasteiger partial charge in [0.05, 0.1) is 5.56 Å². The molecular weight excluding hydrogens is 323 g/mol. The summed E-state index contributed by atoms with van der Waals surface area (Å²) < 4.78 is 42.9. The maximum Gasteiger partial charge on any atom is 0.416 e. The normalized spacial score (nSPS) is 17.2. The zero-order valence-corrected chi connectivity index (χ0v) is 13.4. The van der Waals surface area contributed by atoms with E-state index in [4.69, 9.17) is 4.74 Å². The van der Waals surface area contributed by atoms with Crippen LogP contribution in [0.2, 0.25) is 0 Å². The predicted molar refractivity (Wildman–Crippen MR) is 81.0 cm³/mol. The Morgan fingerprint density at radius 3 is 2.21 bits per heavy atom. The van der Waals surface area contributed by atoms with Gasteiger partial charge in [0.25, 0.3) is 5.91 Å². The molecule has 1 atom stereocenters. The van der Waals surface area contributed by atoms with Gasteiger partial charge < -0.3 is 10.1 Å². The lowest BCUT2D eigenvalue weighted by Gasteiger charge is -2.25. The molecule has 1 fully saturated rings. The molecule has 1 amide bonds. The van der Waals surface area contributed by atoms with Gasteiger partial charge in [-0.25, -0.2) is 0 Å². The van der Waals surface area contributed by atoms with Gasteiger partial charge in [-0.1, -0.05) is 31.4 Å². The van der Waals surface area contributed by atoms with E-state index in [1.165, 1.54) is 0 Å². The van der Waals surface area contributed by atoms with Gasteiger partial charge in [0, 0.05) is 18.5 Å². The molecular formula is C17H20F3NO3. The molecule has 1 N–H and O–H groups in total. The number of hydrogen-bond donors (Lipinski definition) is 1. The second kappa shape index (κ2) is 7.68. The number of rotatable bonds is 4. The number of ether oxygens (including phenoxy) is 1. The van der Waals surface area contributed by atoms with Crippen molar-refractivity contribution in [3.8, 4) is 0 Å². The van der Waals surface area contributed by atoms with Crippen molar-refractivity contribution in [1.29, 1.82) is 0 Å². The van der Waals surface area contributed by atoms with Crippen LogP contribution in [0.15, 0.2) is 24.3 Å². The topological polar surface area (TPSA) is 55.4 Å². The first-order chi connectivity index (χ1) is 11.3. The van der Waals surface area contributed by atoms with E-state index in [0.717, 1.165) is 63.3 Å². The highest BCUT2D eigenvalue weighted by atomic mass is 19.4. The lowest BCUT2D eigenvalue weighted by atomic mass is 9.95. The summed E-state index contributed by atoms with van der Waals surface area (Å²) in [5, 5.41) is 2.83. The summed E-state index contributed by atoms with van der Waals surface area (Å²) in [4.78, 5) is 23.7. The third-order valence-electron chi connectivity index (χ3n) is 4.01. The number of nitrogens with one attached hydrogen (secondary N) is 1. The molecule has 0 bridgehead atoms. The van der Waals surface area contributed by atoms with Crippen LogP contribution in [0.5, 0.6) is 0 Å². The second-order valence-corrected chi connectivity index (χ2v) is 5.95. The van der Waals surface area contributed by atoms with Gasteiger partial charge in [-0.2, -0.15) is 13.2 Å². The molecule has 0 heterocycles. The van der Waals surface area contributed by atoms with Crippen LogP contribution in [0.4, 0.5) is 13.2 Å². The Bertz CT molecular complexity index is 578. The highest BCUT2D eigenvalue weighted by molar-refractivity contribution is 5.84. The van der Waals surface area contributed by atoms with Crippen LogP contribution in [0.3, 0.4) is 0 Å². The van der Waals surface area contributed by atoms with Crippen LogP contribution in [0, 0.1) is 0 Å². The Morgan fingerprint density at radius 1 is 1.12 bits per heavy atom. The SMILES string of the molecule is CC(=O)OC(C(=O)NC1CCCCC1)c1ccc(C(F)(F)F)cc1. The van der Waals surface area contributed by atoms with E-state index < -0.39 is 29.7 Å². The van der Waals surface area contributed by atoms with Crippen molar-refractivity contribution in [3.05, 3.63) is 35.4 Å². The summed E-state index contributed by atoms with van der Waals surface area (Å²) in [5.74, 6) is -1.17. The van der Waals surface area contributed by atoms with Crippen LogP contribution in [0.1, 0.15) is 56.3 Å². The van der Waals surface area contributed by atoms with Crippen molar-refractivity contribution in [2.45, 2.75) is 57.3 Å². The first-order valence-corrected chi connectivity index (χ1v) is 7.92. The molecule has 1 aliphatic carbocycles. The van der Waals surface area contributed by atoms with E-state index in [-0.39, 0.29) is 11.6 Å². The largest absolute Gasteiger partial charge is 0.447 e. The molecule has 0 saturated heterocycles. The summed E-state index contributed by atoms with van der Waals surface area (Å²) >= 11 is 0. The van der Waals surface area contributed by atoms with Crippen molar-refractivity contribution in [3.63, 3.8) is 0 Å². The van der Waals surface area contributed by atoms with Gasteiger partial charge in [-0.05, 0) is 25.0 Å². The van der Waals surface area contributed by atoms with E-state index >= 15 is 0 Å². The standard InChI is InChI=1S/C17H20F3NO3/c1-11(22)24-15(16(23)21-14-5-3-2-4-6-14)12-7-9-13(10-8-12)17(18,19)20/h7-10,14-15H,2-6H2,1H3,(H,21,23). The van der Waals surface area contributed by atoms with Crippen molar-refractivity contribution in [2.24, 2.45) is 0 Å². The third-order valence-corrected chi connectivity index (χ3v) is 4.01. The van der Waals surface area contributed by atoms with Crippen molar-refractivity contribution in [2.75, 3.05) is 0 Å². The van der Waals surface area contributed by atoms with Gasteiger partial charge in [0.1, 0.15) is 0 Å². The van der Waals surface area contributed by atoms with Crippen molar-refractivity contribution >= 4 is 11.9 Å². The molecule has 0 aliphatic heterocycles. The summed E-state index contributed by atoms with van der Waals surface area (Å²) in [6.45, 7) is 1.16. The number of amides is 1. The smallest absolute Gasteiger partial charge is 0.416 e. The maximum absolute atomic E-state index is 12.6. The van der Waals surface area contributed by atoms with Gasteiger partial charge in [0.15, 0.2) is 0 Å². The minimum Gasteiger partial charge on any atom is -0.447 e. The van der Waals surface area contributed by atoms with Crippen LogP contribution in [0.25, 0.3) is 0 Å². The van der Waals surface area contributed by atoms with Crippen LogP contribution >= 0.6 is 0 Å². The fraction of sp³-hybridized carbons (Fsp3) is 0.529. The van der Waals surface area contributed by atoms with E-state index in [1.54, 1.807) is 0 Å². The van der Waals surface area contributed by atoms with Gasteiger partial charge >= 0.3 is 12.1 Å². The minimum atomic E-state index is -4.46. The molecule has 1 saturated carbocycles. The average Bonchev–Trinajstić information content (AvgIpc) is 2.52. The maximum atomic E-state index is 12.6. The Kier molecular flexibility index (Phi) is 5.85. The number of benzene rings is 1. The molecule has 1 aromatic rings. The van der Waals surface area contributed by atoms with Crippen LogP contribution in [-0.4, -0.2) is 17.9 Å². The van der Waals surface area contributed by atoms with Crippen LogP contribution in [-0.2, 0) is 20.5 Å². The molecule has 0 aromatic heterocycles. The van der Waals surface area contributed by atoms with Gasteiger partial charge in [-0.3, -0.25) is 9.59 Å². The third kappa shape index (κ3) is 4.97. The quantitative estimate of drug-likeness (QED) is 0.847. The van der Waals surface area contributed by atoms with Gasteiger partial charge in [0.2, 0.25) is 6.10 Å². The van der Waals surface area contributed by atoms with E-state index in [0.29, 0.717) is 0 Å². The zero-order chi connectivity index (χ0) is 17.7. The summed E-state index contributed by atoms with van der Waals surface area (Å²) in [6.07, 6.45) is -0.839. The zero-order valence-electron chi connectivity index (χ0n) is 13.4. The minimum absolute atomic E-state index is 0.0127. The number of alkyl halides is 3. The first kappa shape index (κ1) is 18.3. The van der Waals surface area contributed by atoms with Gasteiger partial charge in [-0.15, -0.1) is 0 Å². The molecule has 132 valence electrons. The molecule has 2 rings (SSSR count). The monoisotopic (exact) mass is 343 g/mol. The summed E-state index contributed by atoms with van der Waals surface area (Å²) in [6, 6.07) is 4.09. The molecule has 4 nitrogen and oxygen atoms in total. The average molecular weight is 343 g/mol. The van der Waals surface area contributed by atoms with Crippen molar-refractivity contribution < 1.29 is 27.5 Å². The molecule has 0 spiro atoms. The molecule has 1 aromatic carbocycles. The number of carbonyl (C=O) groups is 2. The fourth-order valence-corrected chi connectivity index (χ4v) is 2.81. The van der Waals surface area contributed by atoms with Crippen LogP contribution < -0.4 is 5.32 Å².